The largest absolute Gasteiger partial charge is 0.501 e. The Bertz CT molecular complexity index is 466. The van der Waals surface area contributed by atoms with Crippen molar-refractivity contribution in [2.75, 3.05) is 25.6 Å². The molecule has 0 bridgehead atoms. The predicted molar refractivity (Wildman–Crippen MR) is 114 cm³/mol. The molecule has 0 radical (unpaired) electrons. The minimum Gasteiger partial charge on any atom is -0.454 e. The van der Waals surface area contributed by atoms with Crippen LogP contribution >= 0.6 is 11.8 Å². The standard InChI is InChI=1S/C20H38O6SSi/c1-5-9-10-13-18(21)26-20(7-3)16-24-28(23-8-4,25-17-20)15-11-14-27-19(22)12-6-2/h5-17H2,1-4H3. The van der Waals surface area contributed by atoms with Crippen LogP contribution in [0.2, 0.25) is 6.04 Å². The van der Waals surface area contributed by atoms with Gasteiger partial charge in [0.2, 0.25) is 0 Å². The maximum absolute atomic E-state index is 12.2. The maximum atomic E-state index is 12.2. The van der Waals surface area contributed by atoms with Gasteiger partial charge in [0, 0.05) is 31.2 Å². The van der Waals surface area contributed by atoms with E-state index in [1.54, 1.807) is 0 Å². The van der Waals surface area contributed by atoms with Crippen molar-refractivity contribution in [3.63, 3.8) is 0 Å². The molecule has 1 aliphatic rings. The molecule has 0 atom stereocenters. The first-order chi connectivity index (χ1) is 13.4. The van der Waals surface area contributed by atoms with Crippen LogP contribution in [0.4, 0.5) is 0 Å². The van der Waals surface area contributed by atoms with Gasteiger partial charge in [-0.1, -0.05) is 45.4 Å². The Labute approximate surface area is 175 Å². The molecule has 1 saturated heterocycles. The van der Waals surface area contributed by atoms with Gasteiger partial charge in [0.1, 0.15) is 0 Å². The van der Waals surface area contributed by atoms with Crippen molar-refractivity contribution in [1.29, 1.82) is 0 Å². The second kappa shape index (κ2) is 13.7. The summed E-state index contributed by atoms with van der Waals surface area (Å²) >= 11 is 1.38. The van der Waals surface area contributed by atoms with E-state index in [0.717, 1.165) is 37.9 Å². The highest BCUT2D eigenvalue weighted by atomic mass is 32.2. The van der Waals surface area contributed by atoms with Crippen LogP contribution in [-0.2, 0) is 27.6 Å². The van der Waals surface area contributed by atoms with Crippen molar-refractivity contribution in [2.45, 2.75) is 90.7 Å². The molecule has 0 N–H and O–H groups in total. The lowest BCUT2D eigenvalue weighted by Gasteiger charge is -2.43. The van der Waals surface area contributed by atoms with Gasteiger partial charge in [-0.15, -0.1) is 0 Å². The molecule has 0 aliphatic carbocycles. The Balaban J connectivity index is 2.52. The van der Waals surface area contributed by atoms with Crippen LogP contribution in [0.25, 0.3) is 0 Å². The van der Waals surface area contributed by atoms with E-state index >= 15 is 0 Å². The summed E-state index contributed by atoms with van der Waals surface area (Å²) < 4.78 is 23.9. The Hall–Kier alpha value is -0.413. The van der Waals surface area contributed by atoms with Gasteiger partial charge in [-0.25, -0.2) is 0 Å². The SMILES string of the molecule is CCCCCC(=O)OC1(CC)CO[Si](CCCSC(=O)CCC)(OCC)OC1. The summed E-state index contributed by atoms with van der Waals surface area (Å²) in [7, 11) is -2.78. The monoisotopic (exact) mass is 434 g/mol. The molecular weight excluding hydrogens is 396 g/mol. The lowest BCUT2D eigenvalue weighted by atomic mass is 10.0. The zero-order chi connectivity index (χ0) is 20.9. The smallest absolute Gasteiger partial charge is 0.454 e. The first kappa shape index (κ1) is 25.6. The molecule has 0 aromatic heterocycles. The zero-order valence-corrected chi connectivity index (χ0v) is 19.9. The van der Waals surface area contributed by atoms with E-state index in [1.807, 2.05) is 20.8 Å². The van der Waals surface area contributed by atoms with Crippen molar-refractivity contribution in [3.05, 3.63) is 0 Å². The summed E-state index contributed by atoms with van der Waals surface area (Å²) in [6, 6.07) is 0.678. The minimum atomic E-state index is -2.78. The first-order valence-electron chi connectivity index (χ1n) is 10.7. The number of ether oxygens (including phenoxy) is 1. The maximum Gasteiger partial charge on any atom is 0.501 e. The van der Waals surface area contributed by atoms with Crippen molar-refractivity contribution in [3.8, 4) is 0 Å². The summed E-state index contributed by atoms with van der Waals surface area (Å²) in [6.45, 7) is 9.18. The number of rotatable bonds is 14. The third-order valence-corrected chi connectivity index (χ3v) is 8.66. The normalized spacial score (nSPS) is 24.9. The van der Waals surface area contributed by atoms with Gasteiger partial charge in [-0.3, -0.25) is 9.59 Å². The molecule has 1 fully saturated rings. The Morgan fingerprint density at radius 2 is 1.71 bits per heavy atom. The van der Waals surface area contributed by atoms with Crippen molar-refractivity contribution >= 4 is 31.7 Å². The summed E-state index contributed by atoms with van der Waals surface area (Å²) in [5, 5.41) is 0.236. The molecule has 0 unspecified atom stereocenters. The first-order valence-corrected chi connectivity index (χ1v) is 13.7. The number of carbonyl (C=O) groups is 2. The predicted octanol–water partition coefficient (Wildman–Crippen LogP) is 4.73. The number of hydrogen-bond acceptors (Lipinski definition) is 7. The molecule has 0 saturated carbocycles. The summed E-state index contributed by atoms with van der Waals surface area (Å²) in [5.41, 5.74) is -0.720. The highest BCUT2D eigenvalue weighted by Crippen LogP contribution is 2.31. The lowest BCUT2D eigenvalue weighted by molar-refractivity contribution is -0.181. The van der Waals surface area contributed by atoms with Crippen molar-refractivity contribution in [1.82, 2.24) is 0 Å². The lowest BCUT2D eigenvalue weighted by Crippen LogP contribution is -2.59. The fourth-order valence-electron chi connectivity index (χ4n) is 2.98. The van der Waals surface area contributed by atoms with Crippen molar-refractivity contribution < 1.29 is 27.6 Å². The van der Waals surface area contributed by atoms with E-state index in [-0.39, 0.29) is 11.1 Å². The average molecular weight is 435 g/mol. The zero-order valence-electron chi connectivity index (χ0n) is 18.1. The van der Waals surface area contributed by atoms with E-state index in [1.165, 1.54) is 11.8 Å². The molecule has 28 heavy (non-hydrogen) atoms. The van der Waals surface area contributed by atoms with Crippen molar-refractivity contribution in [2.24, 2.45) is 0 Å². The fourth-order valence-corrected chi connectivity index (χ4v) is 6.80. The molecule has 6 nitrogen and oxygen atoms in total. The Kier molecular flexibility index (Phi) is 12.6. The summed E-state index contributed by atoms with van der Waals surface area (Å²) in [6.07, 6.45) is 6.34. The number of carbonyl (C=O) groups excluding carboxylic acids is 2. The summed E-state index contributed by atoms with van der Waals surface area (Å²) in [5.74, 6) is 0.567. The van der Waals surface area contributed by atoms with E-state index < -0.39 is 14.4 Å². The van der Waals surface area contributed by atoms with Crippen LogP contribution < -0.4 is 0 Å². The van der Waals surface area contributed by atoms with Gasteiger partial charge >= 0.3 is 14.8 Å². The van der Waals surface area contributed by atoms with E-state index in [2.05, 4.69) is 6.92 Å². The molecule has 1 heterocycles. The number of hydrogen-bond donors (Lipinski definition) is 0. The second-order valence-electron chi connectivity index (χ2n) is 7.24. The molecule has 0 amide bonds. The molecular formula is C20H38O6SSi. The Morgan fingerprint density at radius 3 is 2.29 bits per heavy atom. The molecule has 0 aromatic carbocycles. The van der Waals surface area contributed by atoms with Gasteiger partial charge in [-0.2, -0.15) is 0 Å². The molecule has 0 aromatic rings. The van der Waals surface area contributed by atoms with Gasteiger partial charge < -0.3 is 18.0 Å². The van der Waals surface area contributed by atoms with Gasteiger partial charge in [-0.05, 0) is 32.6 Å². The van der Waals surface area contributed by atoms with Gasteiger partial charge in [0.05, 0.1) is 13.2 Å². The van der Waals surface area contributed by atoms with E-state index in [0.29, 0.717) is 45.1 Å². The molecule has 1 rings (SSSR count). The second-order valence-corrected chi connectivity index (χ2v) is 11.1. The third kappa shape index (κ3) is 8.94. The van der Waals surface area contributed by atoms with Gasteiger partial charge in [0.15, 0.2) is 10.7 Å². The van der Waals surface area contributed by atoms with Crippen LogP contribution in [0.3, 0.4) is 0 Å². The molecule has 8 heteroatoms. The number of thioether (sulfide) groups is 1. The van der Waals surface area contributed by atoms with Gasteiger partial charge in [0.25, 0.3) is 0 Å². The van der Waals surface area contributed by atoms with Crippen LogP contribution in [0, 0.1) is 0 Å². The number of esters is 1. The third-order valence-electron chi connectivity index (χ3n) is 4.78. The Morgan fingerprint density at radius 1 is 1.00 bits per heavy atom. The number of unbranched alkanes of at least 4 members (excludes halogenated alkanes) is 2. The summed E-state index contributed by atoms with van der Waals surface area (Å²) in [4.78, 5) is 23.8. The van der Waals surface area contributed by atoms with Crippen LogP contribution in [0.1, 0.15) is 79.1 Å². The van der Waals surface area contributed by atoms with E-state index in [9.17, 15) is 9.59 Å². The fraction of sp³-hybridized carbons (Fsp3) is 0.900. The van der Waals surface area contributed by atoms with Crippen LogP contribution in [-0.4, -0.2) is 51.1 Å². The molecule has 164 valence electrons. The highest BCUT2D eigenvalue weighted by molar-refractivity contribution is 8.13. The molecule has 0 spiro atoms. The van der Waals surface area contributed by atoms with Crippen LogP contribution in [0.15, 0.2) is 0 Å². The highest BCUT2D eigenvalue weighted by Gasteiger charge is 2.50. The average Bonchev–Trinajstić information content (AvgIpc) is 2.68. The molecule has 1 aliphatic heterocycles. The van der Waals surface area contributed by atoms with E-state index in [4.69, 9.17) is 18.0 Å². The quantitative estimate of drug-likeness (QED) is 0.222. The minimum absolute atomic E-state index is 0.182. The van der Waals surface area contributed by atoms with Crippen LogP contribution in [0.5, 0.6) is 0 Å². The topological polar surface area (TPSA) is 71.1 Å².